The largest absolute Gasteiger partial charge is 0.472 e. The number of aliphatic hydroxyl groups excluding tert-OH is 1. The van der Waals surface area contributed by atoms with Gasteiger partial charge in [0.2, 0.25) is 5.88 Å². The molecule has 0 saturated carbocycles. The third-order valence-corrected chi connectivity index (χ3v) is 9.01. The summed E-state index contributed by atoms with van der Waals surface area (Å²) < 4.78 is 69.6. The van der Waals surface area contributed by atoms with Crippen LogP contribution in [-0.2, 0) is 11.3 Å². The van der Waals surface area contributed by atoms with Crippen LogP contribution in [0, 0.1) is 23.5 Å². The van der Waals surface area contributed by atoms with Crippen LogP contribution in [0.25, 0.3) is 32.9 Å². The summed E-state index contributed by atoms with van der Waals surface area (Å²) in [6.07, 6.45) is 2.48. The van der Waals surface area contributed by atoms with Gasteiger partial charge in [0.05, 0.1) is 16.5 Å². The maximum Gasteiger partial charge on any atom is 0.320 e. The number of nitrogens with zero attached hydrogens (tertiary/aromatic N) is 4. The fourth-order valence-corrected chi connectivity index (χ4v) is 6.81. The molecule has 2 aliphatic rings. The number of hydrogen-bond acceptors (Lipinski definition) is 9. The number of fused-ring (bicyclic) bond motifs is 3. The highest BCUT2D eigenvalue weighted by Gasteiger charge is 2.49. The van der Waals surface area contributed by atoms with E-state index in [1.54, 1.807) is 6.07 Å². The van der Waals surface area contributed by atoms with E-state index < -0.39 is 30.0 Å². The molecule has 3 aromatic carbocycles. The van der Waals surface area contributed by atoms with Gasteiger partial charge >= 0.3 is 6.01 Å². The fourth-order valence-electron chi connectivity index (χ4n) is 6.81. The van der Waals surface area contributed by atoms with Gasteiger partial charge in [-0.2, -0.15) is 9.97 Å². The number of hydrogen-bond donors (Lipinski definition) is 1. The second kappa shape index (κ2) is 13.9. The Kier molecular flexibility index (Phi) is 9.23. The third-order valence-electron chi connectivity index (χ3n) is 9.01. The van der Waals surface area contributed by atoms with Crippen LogP contribution in [0.3, 0.4) is 0 Å². The molecule has 0 spiro atoms. The first-order chi connectivity index (χ1) is 23.9. The number of aromatic nitrogens is 3. The smallest absolute Gasteiger partial charge is 0.320 e. The van der Waals surface area contributed by atoms with Gasteiger partial charge in [0.15, 0.2) is 12.6 Å². The van der Waals surface area contributed by atoms with Crippen molar-refractivity contribution >= 4 is 21.7 Å². The van der Waals surface area contributed by atoms with Gasteiger partial charge in [0.1, 0.15) is 48.8 Å². The van der Waals surface area contributed by atoms with Crippen LogP contribution in [0.4, 0.5) is 13.2 Å². The third kappa shape index (κ3) is 6.45. The zero-order chi connectivity index (χ0) is 34.0. The van der Waals surface area contributed by atoms with Gasteiger partial charge in [-0.05, 0) is 48.5 Å². The average molecular weight is 671 g/mol. The zero-order valence-corrected chi connectivity index (χ0v) is 26.7. The molecule has 2 aromatic heterocycles. The highest BCUT2D eigenvalue weighted by Crippen LogP contribution is 2.42. The number of alkyl halides is 1. The van der Waals surface area contributed by atoms with E-state index in [-0.39, 0.29) is 65.0 Å². The Bertz CT molecular complexity index is 2070. The first-order valence-corrected chi connectivity index (χ1v) is 15.9. The summed E-state index contributed by atoms with van der Waals surface area (Å²) in [5.41, 5.74) is 0.223. The van der Waals surface area contributed by atoms with Crippen molar-refractivity contribution in [3.05, 3.63) is 83.6 Å². The molecule has 0 unspecified atom stereocenters. The molecule has 12 heteroatoms. The molecule has 49 heavy (non-hydrogen) atoms. The summed E-state index contributed by atoms with van der Waals surface area (Å²) in [5, 5.41) is 10.3. The minimum absolute atomic E-state index is 0.0390. The number of halogens is 3. The van der Waals surface area contributed by atoms with Gasteiger partial charge in [-0.1, -0.05) is 48.2 Å². The Hall–Kier alpha value is -4.96. The molecule has 252 valence electrons. The fraction of sp³-hybridized carbons (Fsp3) is 0.324. The average Bonchev–Trinajstić information content (AvgIpc) is 3.64. The van der Waals surface area contributed by atoms with Crippen LogP contribution in [0.5, 0.6) is 17.6 Å². The molecule has 0 radical (unpaired) electrons. The summed E-state index contributed by atoms with van der Waals surface area (Å²) in [6, 6.07) is 15.2. The topological polar surface area (TPSA) is 99.1 Å². The summed E-state index contributed by atoms with van der Waals surface area (Å²) in [5.74, 6) is 4.03. The summed E-state index contributed by atoms with van der Waals surface area (Å²) in [6.45, 7) is 0.806. The molecule has 2 aliphatic heterocycles. The monoisotopic (exact) mass is 670 g/mol. The lowest BCUT2D eigenvalue weighted by Gasteiger charge is -2.30. The van der Waals surface area contributed by atoms with Gasteiger partial charge in [0.25, 0.3) is 0 Å². The molecule has 7 rings (SSSR count). The molecule has 0 aliphatic carbocycles. The van der Waals surface area contributed by atoms with Gasteiger partial charge in [0, 0.05) is 37.2 Å². The molecule has 2 atom stereocenters. The minimum Gasteiger partial charge on any atom is -0.472 e. The lowest BCUT2D eigenvalue weighted by Crippen LogP contribution is -2.43. The molecule has 2 saturated heterocycles. The summed E-state index contributed by atoms with van der Waals surface area (Å²) in [4.78, 5) is 15.6. The molecular weight excluding hydrogens is 637 g/mol. The van der Waals surface area contributed by atoms with Crippen molar-refractivity contribution in [3.63, 3.8) is 0 Å². The molecule has 0 bridgehead atoms. The quantitative estimate of drug-likeness (QED) is 0.142. The van der Waals surface area contributed by atoms with E-state index in [2.05, 4.69) is 31.7 Å². The van der Waals surface area contributed by atoms with Gasteiger partial charge in [-0.15, -0.1) is 0 Å². The normalized spacial score (nSPS) is 18.8. The molecule has 2 fully saturated rings. The lowest BCUT2D eigenvalue weighted by atomic mass is 9.95. The predicted molar refractivity (Wildman–Crippen MR) is 176 cm³/mol. The Labute approximate surface area is 280 Å². The van der Waals surface area contributed by atoms with E-state index in [0.29, 0.717) is 24.1 Å². The van der Waals surface area contributed by atoms with Crippen LogP contribution in [0.1, 0.15) is 30.4 Å². The number of methoxy groups -OCH3 is 1. The molecular formula is C37H33F3N4O5. The number of ether oxygens (including phenoxy) is 4. The van der Waals surface area contributed by atoms with Gasteiger partial charge < -0.3 is 24.1 Å². The van der Waals surface area contributed by atoms with Crippen LogP contribution in [-0.4, -0.2) is 76.9 Å². The number of aliphatic hydroxyl groups is 1. The van der Waals surface area contributed by atoms with Crippen LogP contribution >= 0.6 is 0 Å². The van der Waals surface area contributed by atoms with Crippen molar-refractivity contribution in [2.24, 2.45) is 0 Å². The van der Waals surface area contributed by atoms with Crippen LogP contribution in [0.2, 0.25) is 0 Å². The van der Waals surface area contributed by atoms with E-state index >= 15 is 8.78 Å². The predicted octanol–water partition coefficient (Wildman–Crippen LogP) is 5.98. The number of rotatable bonds is 10. The van der Waals surface area contributed by atoms with Crippen molar-refractivity contribution in [2.75, 3.05) is 40.2 Å². The lowest BCUT2D eigenvalue weighted by molar-refractivity contribution is 0.0512. The Balaban J connectivity index is 1.37. The minimum atomic E-state index is -0.951. The van der Waals surface area contributed by atoms with Crippen molar-refractivity contribution < 1.29 is 37.2 Å². The zero-order valence-electron chi connectivity index (χ0n) is 26.7. The Morgan fingerprint density at radius 2 is 1.92 bits per heavy atom. The second-order valence-corrected chi connectivity index (χ2v) is 12.1. The summed E-state index contributed by atoms with van der Waals surface area (Å²) >= 11 is 0. The highest BCUT2D eigenvalue weighted by molar-refractivity contribution is 6.02. The molecule has 4 heterocycles. The van der Waals surface area contributed by atoms with Crippen molar-refractivity contribution in [3.8, 4) is 40.7 Å². The van der Waals surface area contributed by atoms with E-state index in [1.807, 2.05) is 30.3 Å². The Morgan fingerprint density at radius 3 is 2.73 bits per heavy atom. The first-order valence-electron chi connectivity index (χ1n) is 15.9. The summed E-state index contributed by atoms with van der Waals surface area (Å²) in [7, 11) is 1.47. The van der Waals surface area contributed by atoms with E-state index in [1.165, 1.54) is 31.5 Å². The first kappa shape index (κ1) is 32.6. The standard InChI is InChI=1S/C37H33F3N4O5/c1-46-22-49-26-15-24-10-11-30(39)27(9-5-14-45)31(24)28(16-26)33-32(40)34-29(18-41-33)35(47-20-23-7-3-2-4-8-23)43-36(42-34)48-21-37-12-6-13-44(37)19-25(38)17-37/h2-4,7-8,10-11,15-16,18,25,45H,6,12-14,17,19-22H2,1H3/t25-,37+/m1/s1. The SMILES string of the molecule is COCOc1cc(-c2ncc3c(OCc4ccccc4)nc(OC[C@@]45CCCN4C[C@H](F)C5)nc3c2F)c2c(C#CCO)c(F)ccc2c1. The number of benzene rings is 3. The maximum atomic E-state index is 16.9. The second-order valence-electron chi connectivity index (χ2n) is 12.1. The van der Waals surface area contributed by atoms with Crippen molar-refractivity contribution in [2.45, 2.75) is 37.6 Å². The molecule has 9 nitrogen and oxygen atoms in total. The maximum absolute atomic E-state index is 16.9. The molecule has 1 N–H and O–H groups in total. The van der Waals surface area contributed by atoms with Crippen LogP contribution in [0.15, 0.2) is 60.8 Å². The van der Waals surface area contributed by atoms with Crippen LogP contribution < -0.4 is 14.2 Å². The van der Waals surface area contributed by atoms with E-state index in [4.69, 9.17) is 18.9 Å². The Morgan fingerprint density at radius 1 is 1.06 bits per heavy atom. The highest BCUT2D eigenvalue weighted by atomic mass is 19.1. The van der Waals surface area contributed by atoms with E-state index in [9.17, 15) is 9.50 Å². The number of pyridine rings is 1. The molecule has 0 amide bonds. The van der Waals surface area contributed by atoms with E-state index in [0.717, 1.165) is 24.9 Å². The molecule has 5 aromatic rings. The van der Waals surface area contributed by atoms with Crippen molar-refractivity contribution in [1.82, 2.24) is 19.9 Å². The van der Waals surface area contributed by atoms with Gasteiger partial charge in [-0.3, -0.25) is 9.88 Å². The van der Waals surface area contributed by atoms with Gasteiger partial charge in [-0.25, -0.2) is 13.2 Å². The van der Waals surface area contributed by atoms with Crippen molar-refractivity contribution in [1.29, 1.82) is 0 Å².